The van der Waals surface area contributed by atoms with Crippen LogP contribution in [0.1, 0.15) is 61.2 Å². The highest BCUT2D eigenvalue weighted by molar-refractivity contribution is 6.49. The van der Waals surface area contributed by atoms with Gasteiger partial charge in [0.25, 0.3) is 5.91 Å². The van der Waals surface area contributed by atoms with Crippen molar-refractivity contribution in [1.82, 2.24) is 10.3 Å². The number of methoxy groups -OCH3 is 1. The monoisotopic (exact) mass is 528 g/mol. The standard InChI is InChI=1S/C30H25FN2O6/c1-3-4-14-32-29(37)22-16-19(27(35)26(34)18-8-6-5-7-9-18)15-21(24(22)31)23-13-11-17-10-12-20(30(38)39-2)28(36)25(17)33-23/h5-13,15-16,36H,3-4,14H2,1-2H3,(H,32,37). The van der Waals surface area contributed by atoms with E-state index < -0.39 is 40.6 Å². The molecule has 0 saturated carbocycles. The maximum atomic E-state index is 15.8. The Morgan fingerprint density at radius 3 is 2.31 bits per heavy atom. The zero-order valence-electron chi connectivity index (χ0n) is 21.3. The van der Waals surface area contributed by atoms with E-state index in [9.17, 15) is 24.3 Å². The molecule has 0 unspecified atom stereocenters. The number of benzene rings is 3. The van der Waals surface area contributed by atoms with Gasteiger partial charge >= 0.3 is 5.97 Å². The van der Waals surface area contributed by atoms with Gasteiger partial charge < -0.3 is 15.2 Å². The summed E-state index contributed by atoms with van der Waals surface area (Å²) in [5.74, 6) is -4.71. The largest absolute Gasteiger partial charge is 0.505 e. The lowest BCUT2D eigenvalue weighted by Gasteiger charge is -2.13. The molecular formula is C30H25FN2O6. The van der Waals surface area contributed by atoms with Gasteiger partial charge in [-0.3, -0.25) is 14.4 Å². The highest BCUT2D eigenvalue weighted by atomic mass is 19.1. The van der Waals surface area contributed by atoms with Crippen LogP contribution < -0.4 is 5.32 Å². The van der Waals surface area contributed by atoms with Crippen molar-refractivity contribution in [2.45, 2.75) is 19.8 Å². The molecule has 0 bridgehead atoms. The molecule has 1 amide bonds. The summed E-state index contributed by atoms with van der Waals surface area (Å²) in [4.78, 5) is 55.3. The van der Waals surface area contributed by atoms with Gasteiger partial charge in [0.05, 0.1) is 18.4 Å². The summed E-state index contributed by atoms with van der Waals surface area (Å²) in [6, 6.07) is 16.0. The molecular weight excluding hydrogens is 503 g/mol. The number of aromatic nitrogens is 1. The van der Waals surface area contributed by atoms with E-state index >= 15 is 4.39 Å². The zero-order chi connectivity index (χ0) is 28.1. The Morgan fingerprint density at radius 2 is 1.62 bits per heavy atom. The van der Waals surface area contributed by atoms with Crippen LogP contribution in [0.4, 0.5) is 4.39 Å². The lowest BCUT2D eigenvalue weighted by molar-refractivity contribution is 0.0597. The van der Waals surface area contributed by atoms with Crippen molar-refractivity contribution >= 4 is 34.3 Å². The van der Waals surface area contributed by atoms with Crippen molar-refractivity contribution in [2.75, 3.05) is 13.7 Å². The number of ketones is 2. The van der Waals surface area contributed by atoms with Crippen molar-refractivity contribution in [3.8, 4) is 17.0 Å². The fourth-order valence-corrected chi connectivity index (χ4v) is 4.03. The number of hydrogen-bond donors (Lipinski definition) is 2. The first-order valence-electron chi connectivity index (χ1n) is 12.2. The molecule has 0 fully saturated rings. The Balaban J connectivity index is 1.87. The smallest absolute Gasteiger partial charge is 0.341 e. The molecule has 39 heavy (non-hydrogen) atoms. The van der Waals surface area contributed by atoms with Crippen LogP contribution in [-0.4, -0.2) is 47.2 Å². The van der Waals surface area contributed by atoms with E-state index in [-0.39, 0.29) is 33.5 Å². The van der Waals surface area contributed by atoms with Crippen LogP contribution in [0.25, 0.3) is 22.2 Å². The summed E-state index contributed by atoms with van der Waals surface area (Å²) >= 11 is 0. The lowest BCUT2D eigenvalue weighted by Crippen LogP contribution is -2.26. The fourth-order valence-electron chi connectivity index (χ4n) is 4.03. The number of nitrogens with zero attached hydrogens (tertiary/aromatic N) is 1. The van der Waals surface area contributed by atoms with Crippen LogP contribution in [0.5, 0.6) is 5.75 Å². The van der Waals surface area contributed by atoms with Gasteiger partial charge in [-0.25, -0.2) is 14.2 Å². The normalized spacial score (nSPS) is 10.7. The summed E-state index contributed by atoms with van der Waals surface area (Å²) in [7, 11) is 1.16. The average Bonchev–Trinajstić information content (AvgIpc) is 2.96. The van der Waals surface area contributed by atoms with Gasteiger partial charge in [-0.1, -0.05) is 55.8 Å². The zero-order valence-corrected chi connectivity index (χ0v) is 21.3. The average molecular weight is 529 g/mol. The molecule has 0 radical (unpaired) electrons. The number of phenols is 1. The first-order valence-corrected chi connectivity index (χ1v) is 12.2. The van der Waals surface area contributed by atoms with Crippen molar-refractivity contribution in [3.05, 3.63) is 94.8 Å². The summed E-state index contributed by atoms with van der Waals surface area (Å²) in [5, 5.41) is 13.8. The summed E-state index contributed by atoms with van der Waals surface area (Å²) in [5.41, 5.74) is -0.887. The fraction of sp³-hybridized carbons (Fsp3) is 0.167. The van der Waals surface area contributed by atoms with E-state index in [4.69, 9.17) is 0 Å². The number of unbranched alkanes of at least 4 members (excludes halogenated alkanes) is 1. The molecule has 0 aliphatic heterocycles. The molecule has 198 valence electrons. The number of esters is 1. The van der Waals surface area contributed by atoms with Crippen LogP contribution in [0.2, 0.25) is 0 Å². The van der Waals surface area contributed by atoms with Crippen molar-refractivity contribution in [3.63, 3.8) is 0 Å². The van der Waals surface area contributed by atoms with Crippen LogP contribution in [0.15, 0.2) is 66.7 Å². The Kier molecular flexibility index (Phi) is 8.10. The highest BCUT2D eigenvalue weighted by Crippen LogP contribution is 2.32. The van der Waals surface area contributed by atoms with E-state index in [1.807, 2.05) is 6.92 Å². The number of carbonyl (C=O) groups is 4. The molecule has 0 spiro atoms. The number of carbonyl (C=O) groups excluding carboxylic acids is 4. The van der Waals surface area contributed by atoms with Gasteiger partial charge in [0, 0.05) is 28.6 Å². The van der Waals surface area contributed by atoms with E-state index in [1.54, 1.807) is 30.3 Å². The third-order valence-corrected chi connectivity index (χ3v) is 6.15. The van der Waals surface area contributed by atoms with Crippen molar-refractivity contribution < 1.29 is 33.4 Å². The molecule has 3 aromatic carbocycles. The predicted octanol–water partition coefficient (Wildman–Crippen LogP) is 5.13. The van der Waals surface area contributed by atoms with Crippen molar-refractivity contribution in [2.24, 2.45) is 0 Å². The maximum absolute atomic E-state index is 15.8. The number of phenolic OH excluding ortho intramolecular Hbond substituents is 1. The third kappa shape index (κ3) is 5.52. The first-order chi connectivity index (χ1) is 18.8. The molecule has 0 aliphatic rings. The number of nitrogens with one attached hydrogen (secondary N) is 1. The number of hydrogen-bond acceptors (Lipinski definition) is 7. The minimum Gasteiger partial charge on any atom is -0.505 e. The number of rotatable bonds is 9. The number of pyridine rings is 1. The number of aromatic hydroxyl groups is 1. The van der Waals surface area contributed by atoms with Gasteiger partial charge in [0.1, 0.15) is 16.9 Å². The molecule has 0 aliphatic carbocycles. The number of fused-ring (bicyclic) bond motifs is 1. The van der Waals surface area contributed by atoms with Gasteiger partial charge in [0.15, 0.2) is 5.75 Å². The van der Waals surface area contributed by atoms with Gasteiger partial charge in [-0.05, 0) is 30.7 Å². The molecule has 4 rings (SSSR count). The SMILES string of the molecule is CCCCNC(=O)c1cc(C(=O)C(=O)c2ccccc2)cc(-c2ccc3ccc(C(=O)OC)c(O)c3n2)c1F. The second-order valence-electron chi connectivity index (χ2n) is 8.74. The molecule has 1 heterocycles. The van der Waals surface area contributed by atoms with Gasteiger partial charge in [0.2, 0.25) is 11.6 Å². The quantitative estimate of drug-likeness (QED) is 0.134. The second-order valence-corrected chi connectivity index (χ2v) is 8.74. The minimum atomic E-state index is -0.955. The van der Waals surface area contributed by atoms with Crippen LogP contribution in [-0.2, 0) is 4.74 Å². The van der Waals surface area contributed by atoms with Crippen molar-refractivity contribution in [1.29, 1.82) is 0 Å². The number of amides is 1. The highest BCUT2D eigenvalue weighted by Gasteiger charge is 2.25. The summed E-state index contributed by atoms with van der Waals surface area (Å²) in [6.45, 7) is 2.23. The Hall–Kier alpha value is -4.92. The van der Waals surface area contributed by atoms with Crippen LogP contribution in [0, 0.1) is 5.82 Å². The number of halogens is 1. The number of ether oxygens (including phenoxy) is 1. The van der Waals surface area contributed by atoms with E-state index in [0.717, 1.165) is 25.7 Å². The Labute approximate surface area is 223 Å². The first kappa shape index (κ1) is 27.1. The Bertz CT molecular complexity index is 1600. The van der Waals surface area contributed by atoms with Gasteiger partial charge in [-0.15, -0.1) is 0 Å². The molecule has 8 nitrogen and oxygen atoms in total. The van der Waals surface area contributed by atoms with Gasteiger partial charge in [-0.2, -0.15) is 0 Å². The molecule has 2 N–H and O–H groups in total. The molecule has 1 aromatic heterocycles. The minimum absolute atomic E-state index is 0.0131. The van der Waals surface area contributed by atoms with Crippen LogP contribution in [0.3, 0.4) is 0 Å². The topological polar surface area (TPSA) is 123 Å². The second kappa shape index (κ2) is 11.6. The third-order valence-electron chi connectivity index (χ3n) is 6.15. The molecule has 9 heteroatoms. The van der Waals surface area contributed by atoms with E-state index in [1.165, 1.54) is 24.3 Å². The summed E-state index contributed by atoms with van der Waals surface area (Å²) in [6.07, 6.45) is 1.47. The molecule has 0 atom stereocenters. The number of Topliss-reactive ketones (excluding diaryl/α,β-unsaturated/α-hetero) is 2. The summed E-state index contributed by atoms with van der Waals surface area (Å²) < 4.78 is 20.5. The maximum Gasteiger partial charge on any atom is 0.341 e. The Morgan fingerprint density at radius 1 is 0.923 bits per heavy atom. The molecule has 4 aromatic rings. The van der Waals surface area contributed by atoms with Crippen LogP contribution >= 0.6 is 0 Å². The molecule has 0 saturated heterocycles. The lowest BCUT2D eigenvalue weighted by atomic mass is 9.95. The van der Waals surface area contributed by atoms with E-state index in [2.05, 4.69) is 15.0 Å². The van der Waals surface area contributed by atoms with E-state index in [0.29, 0.717) is 18.4 Å². The predicted molar refractivity (Wildman–Crippen MR) is 142 cm³/mol.